The number of rotatable bonds is 8. The first-order chi connectivity index (χ1) is 19.9. The third-order valence-electron chi connectivity index (χ3n) is 9.03. The number of piperidine rings is 1. The lowest BCUT2D eigenvalue weighted by Crippen LogP contribution is -2.48. The normalized spacial score (nSPS) is 21.6. The molecule has 2 aliphatic rings. The first-order valence-electron chi connectivity index (χ1n) is 15.0. The van der Waals surface area contributed by atoms with Gasteiger partial charge in [-0.25, -0.2) is 13.8 Å². The Morgan fingerprint density at radius 2 is 1.81 bits per heavy atom. The number of hydrogen-bond acceptors (Lipinski definition) is 5. The number of benzene rings is 2. The van der Waals surface area contributed by atoms with Gasteiger partial charge in [-0.3, -0.25) is 9.69 Å². The van der Waals surface area contributed by atoms with Gasteiger partial charge >= 0.3 is 5.97 Å². The number of nitrogens with zero attached hydrogens (tertiary/aromatic N) is 3. The Bertz CT molecular complexity index is 1410. The van der Waals surface area contributed by atoms with E-state index in [9.17, 15) is 18.7 Å². The first kappa shape index (κ1) is 30.8. The van der Waals surface area contributed by atoms with Crippen molar-refractivity contribution in [1.82, 2.24) is 14.8 Å². The number of hydrogen-bond donors (Lipinski definition) is 1. The van der Waals surface area contributed by atoms with Crippen LogP contribution in [0.25, 0.3) is 0 Å². The molecule has 3 unspecified atom stereocenters. The molecule has 3 aromatic rings. The van der Waals surface area contributed by atoms with Gasteiger partial charge in [-0.15, -0.1) is 11.3 Å². The molecule has 3 heterocycles. The Morgan fingerprint density at radius 3 is 2.45 bits per heavy atom. The number of halogens is 2. The Balaban J connectivity index is 1.25. The maximum atomic E-state index is 13.7. The maximum Gasteiger partial charge on any atom is 0.321 e. The summed E-state index contributed by atoms with van der Waals surface area (Å²) in [5, 5.41) is 11.1. The molecule has 0 radical (unpaired) electrons. The molecule has 8 heteroatoms. The molecule has 226 valence electrons. The van der Waals surface area contributed by atoms with Crippen LogP contribution in [0.3, 0.4) is 0 Å². The highest BCUT2D eigenvalue weighted by atomic mass is 32.1. The Hall–Kier alpha value is -2.68. The van der Waals surface area contributed by atoms with Gasteiger partial charge in [0.2, 0.25) is 0 Å². The van der Waals surface area contributed by atoms with Crippen LogP contribution in [-0.2, 0) is 11.2 Å². The number of likely N-dealkylation sites (tertiary alicyclic amines) is 2. The highest BCUT2D eigenvalue weighted by molar-refractivity contribution is 7.11. The molecular weight excluding hydrogens is 552 g/mol. The smallest absolute Gasteiger partial charge is 0.321 e. The molecule has 0 aliphatic carbocycles. The van der Waals surface area contributed by atoms with Crippen molar-refractivity contribution in [1.29, 1.82) is 0 Å². The van der Waals surface area contributed by atoms with Gasteiger partial charge in [0.15, 0.2) is 11.6 Å². The molecule has 0 spiro atoms. The van der Waals surface area contributed by atoms with Crippen molar-refractivity contribution in [3.05, 3.63) is 86.4 Å². The van der Waals surface area contributed by atoms with Crippen LogP contribution in [0.15, 0.2) is 42.5 Å². The summed E-state index contributed by atoms with van der Waals surface area (Å²) >= 11 is 1.70. The standard InChI is InChI=1S/C34H43F2N3O2S/c1-21-7-6-8-25(15-21)27-20-39(32(33(40)41)34(3,4)5)19-26(27)18-38-13-11-24(12-14-38)31-22(2)37-30(42-31)17-23-9-10-28(35)29(36)16-23/h6-10,15-16,24,26-27,32H,11-14,17-20H2,1-5H3,(H,40,41). The second-order valence-corrected chi connectivity index (χ2v) is 14.5. The van der Waals surface area contributed by atoms with Crippen LogP contribution in [0.1, 0.15) is 77.7 Å². The van der Waals surface area contributed by atoms with Gasteiger partial charge < -0.3 is 10.0 Å². The quantitative estimate of drug-likeness (QED) is 0.303. The van der Waals surface area contributed by atoms with Crippen molar-refractivity contribution in [2.24, 2.45) is 11.3 Å². The summed E-state index contributed by atoms with van der Waals surface area (Å²) in [7, 11) is 0. The minimum atomic E-state index is -0.826. The molecule has 1 aromatic heterocycles. The average Bonchev–Trinajstić information content (AvgIpc) is 3.48. The number of carboxylic acids is 1. The van der Waals surface area contributed by atoms with E-state index in [1.54, 1.807) is 17.4 Å². The molecule has 2 aliphatic heterocycles. The van der Waals surface area contributed by atoms with Crippen molar-refractivity contribution >= 4 is 17.3 Å². The molecule has 0 bridgehead atoms. The van der Waals surface area contributed by atoms with Crippen molar-refractivity contribution in [3.63, 3.8) is 0 Å². The van der Waals surface area contributed by atoms with Gasteiger partial charge in [0, 0.05) is 36.9 Å². The molecule has 0 saturated carbocycles. The van der Waals surface area contributed by atoms with E-state index in [0.717, 1.165) is 61.8 Å². The Morgan fingerprint density at radius 1 is 1.07 bits per heavy atom. The third kappa shape index (κ3) is 6.92. The predicted octanol–water partition coefficient (Wildman–Crippen LogP) is 7.02. The molecule has 5 nitrogen and oxygen atoms in total. The number of thiazole rings is 1. The monoisotopic (exact) mass is 595 g/mol. The SMILES string of the molecule is Cc1cccc(C2CN(C(C(=O)O)C(C)(C)C)CC2CN2CCC(c3sc(Cc4ccc(F)c(F)c4)nc3C)CC2)c1. The van der Waals surface area contributed by atoms with Crippen LogP contribution in [0.2, 0.25) is 0 Å². The number of carbonyl (C=O) groups is 1. The van der Waals surface area contributed by atoms with E-state index in [0.29, 0.717) is 24.2 Å². The van der Waals surface area contributed by atoms with Crippen LogP contribution in [0.5, 0.6) is 0 Å². The molecule has 2 fully saturated rings. The molecule has 2 saturated heterocycles. The molecule has 5 rings (SSSR count). The summed E-state index contributed by atoms with van der Waals surface area (Å²) in [6, 6.07) is 12.3. The van der Waals surface area contributed by atoms with Crippen LogP contribution < -0.4 is 0 Å². The minimum absolute atomic E-state index is 0.300. The molecule has 1 N–H and O–H groups in total. The van der Waals surface area contributed by atoms with Crippen LogP contribution in [0, 0.1) is 36.8 Å². The summed E-state index contributed by atoms with van der Waals surface area (Å²) in [6.45, 7) is 14.8. The average molecular weight is 596 g/mol. The van der Waals surface area contributed by atoms with Crippen LogP contribution >= 0.6 is 11.3 Å². The van der Waals surface area contributed by atoms with E-state index in [-0.39, 0.29) is 5.41 Å². The van der Waals surface area contributed by atoms with Crippen LogP contribution in [-0.4, -0.2) is 64.6 Å². The van der Waals surface area contributed by atoms with E-state index < -0.39 is 23.6 Å². The number of carboxylic acid groups (broad SMARTS) is 1. The van der Waals surface area contributed by atoms with Gasteiger partial charge in [0.25, 0.3) is 0 Å². The largest absolute Gasteiger partial charge is 0.480 e. The summed E-state index contributed by atoms with van der Waals surface area (Å²) in [4.78, 5) is 23.2. The fraction of sp³-hybridized carbons (Fsp3) is 0.529. The Kier molecular flexibility index (Phi) is 9.16. The summed E-state index contributed by atoms with van der Waals surface area (Å²) in [5.74, 6) is -1.28. The fourth-order valence-corrected chi connectivity index (χ4v) is 8.38. The van der Waals surface area contributed by atoms with Crippen molar-refractivity contribution in [3.8, 4) is 0 Å². The second-order valence-electron chi connectivity index (χ2n) is 13.4. The number of aryl methyl sites for hydroxylation is 2. The summed E-state index contributed by atoms with van der Waals surface area (Å²) in [5.41, 5.74) is 3.97. The number of aliphatic carboxylic acids is 1. The summed E-state index contributed by atoms with van der Waals surface area (Å²) < 4.78 is 27.0. The topological polar surface area (TPSA) is 56.7 Å². The van der Waals surface area contributed by atoms with E-state index >= 15 is 0 Å². The zero-order chi connectivity index (χ0) is 30.2. The van der Waals surface area contributed by atoms with Gasteiger partial charge in [0.05, 0.1) is 10.7 Å². The van der Waals surface area contributed by atoms with E-state index in [1.165, 1.54) is 28.1 Å². The molecule has 0 amide bonds. The fourth-order valence-electron chi connectivity index (χ4n) is 7.11. The van der Waals surface area contributed by atoms with Gasteiger partial charge in [0.1, 0.15) is 6.04 Å². The maximum absolute atomic E-state index is 13.7. The van der Waals surface area contributed by atoms with E-state index in [4.69, 9.17) is 4.98 Å². The highest BCUT2D eigenvalue weighted by Crippen LogP contribution is 2.40. The van der Waals surface area contributed by atoms with Gasteiger partial charge in [-0.1, -0.05) is 56.7 Å². The van der Waals surface area contributed by atoms with Gasteiger partial charge in [-0.05, 0) is 80.3 Å². The predicted molar refractivity (Wildman–Crippen MR) is 164 cm³/mol. The lowest BCUT2D eigenvalue weighted by atomic mass is 9.85. The molecule has 2 aromatic carbocycles. The lowest BCUT2D eigenvalue weighted by molar-refractivity contribution is -0.147. The van der Waals surface area contributed by atoms with Crippen molar-refractivity contribution in [2.75, 3.05) is 32.7 Å². The minimum Gasteiger partial charge on any atom is -0.480 e. The molecular formula is C34H43F2N3O2S. The van der Waals surface area contributed by atoms with Crippen molar-refractivity contribution < 1.29 is 18.7 Å². The highest BCUT2D eigenvalue weighted by Gasteiger charge is 2.44. The lowest BCUT2D eigenvalue weighted by Gasteiger charge is -2.36. The zero-order valence-electron chi connectivity index (χ0n) is 25.4. The number of aromatic nitrogens is 1. The Labute approximate surface area is 252 Å². The van der Waals surface area contributed by atoms with Crippen molar-refractivity contribution in [2.45, 2.75) is 71.8 Å². The summed E-state index contributed by atoms with van der Waals surface area (Å²) in [6.07, 6.45) is 2.61. The zero-order valence-corrected chi connectivity index (χ0v) is 26.2. The third-order valence-corrected chi connectivity index (χ3v) is 10.3. The van der Waals surface area contributed by atoms with E-state index in [2.05, 4.69) is 47.9 Å². The molecule has 3 atom stereocenters. The first-order valence-corrected chi connectivity index (χ1v) is 15.9. The van der Waals surface area contributed by atoms with E-state index in [1.807, 2.05) is 20.8 Å². The van der Waals surface area contributed by atoms with Crippen LogP contribution in [0.4, 0.5) is 8.78 Å². The van der Waals surface area contributed by atoms with Gasteiger partial charge in [-0.2, -0.15) is 0 Å². The molecule has 42 heavy (non-hydrogen) atoms. The second kappa shape index (κ2) is 12.5.